The van der Waals surface area contributed by atoms with Gasteiger partial charge in [0.05, 0.1) is 0 Å². The normalized spacial score (nSPS) is 10.4. The zero-order valence-electron chi connectivity index (χ0n) is 14.9. The van der Waals surface area contributed by atoms with Gasteiger partial charge in [0.1, 0.15) is 0 Å². The zero-order valence-corrected chi connectivity index (χ0v) is 15.7. The van der Waals surface area contributed by atoms with Crippen LogP contribution < -0.4 is 10.6 Å². The maximum atomic E-state index is 12.2. The Hall–Kier alpha value is -3.19. The van der Waals surface area contributed by atoms with Crippen LogP contribution in [0.1, 0.15) is 22.3 Å². The fourth-order valence-corrected chi connectivity index (χ4v) is 2.93. The smallest absolute Gasteiger partial charge is 0.251 e. The second-order valence-corrected chi connectivity index (χ2v) is 6.44. The van der Waals surface area contributed by atoms with Gasteiger partial charge in [0, 0.05) is 42.3 Å². The monoisotopic (exact) mass is 380 g/mol. The number of aromatic amines is 1. The largest absolute Gasteiger partial charge is 0.352 e. The minimum atomic E-state index is -0.176. The summed E-state index contributed by atoms with van der Waals surface area (Å²) in [5, 5.41) is 5.62. The number of aromatic nitrogens is 2. The van der Waals surface area contributed by atoms with E-state index >= 15 is 0 Å². The van der Waals surface area contributed by atoms with Crippen molar-refractivity contribution in [2.24, 2.45) is 0 Å². The molecule has 7 heteroatoms. The molecule has 0 saturated heterocycles. The van der Waals surface area contributed by atoms with E-state index in [9.17, 15) is 9.59 Å². The molecule has 0 atom stereocenters. The number of nitrogens with one attached hydrogen (secondary N) is 3. The van der Waals surface area contributed by atoms with E-state index < -0.39 is 0 Å². The molecule has 0 spiro atoms. The van der Waals surface area contributed by atoms with Crippen LogP contribution in [0.4, 0.5) is 5.69 Å². The van der Waals surface area contributed by atoms with Gasteiger partial charge >= 0.3 is 0 Å². The molecule has 138 valence electrons. The molecule has 0 fully saturated rings. The minimum Gasteiger partial charge on any atom is -0.352 e. The SMILES string of the molecule is Cc1ccccc1C(=O)NCCC(=O)Nc1cccc(-n2cc[nH]c2=S)c1. The lowest BCUT2D eigenvalue weighted by atomic mass is 10.1. The van der Waals surface area contributed by atoms with Gasteiger partial charge in [0.15, 0.2) is 4.77 Å². The van der Waals surface area contributed by atoms with E-state index in [0.29, 0.717) is 16.0 Å². The van der Waals surface area contributed by atoms with Crippen molar-refractivity contribution >= 4 is 29.7 Å². The van der Waals surface area contributed by atoms with Crippen LogP contribution in [0.2, 0.25) is 0 Å². The molecule has 2 aromatic carbocycles. The van der Waals surface area contributed by atoms with Crippen LogP contribution in [0.5, 0.6) is 0 Å². The molecule has 0 saturated carbocycles. The summed E-state index contributed by atoms with van der Waals surface area (Å²) in [5.74, 6) is -0.348. The first-order valence-electron chi connectivity index (χ1n) is 8.55. The van der Waals surface area contributed by atoms with Crippen LogP contribution in [0.3, 0.4) is 0 Å². The number of carbonyl (C=O) groups excluding carboxylic acids is 2. The third-order valence-electron chi connectivity index (χ3n) is 4.08. The highest BCUT2D eigenvalue weighted by molar-refractivity contribution is 7.71. The zero-order chi connectivity index (χ0) is 19.2. The van der Waals surface area contributed by atoms with Crippen molar-refractivity contribution in [2.75, 3.05) is 11.9 Å². The Kier molecular flexibility index (Phi) is 5.83. The molecule has 3 aromatic rings. The van der Waals surface area contributed by atoms with Crippen molar-refractivity contribution in [1.82, 2.24) is 14.9 Å². The molecule has 3 rings (SSSR count). The number of aryl methyl sites for hydroxylation is 1. The Bertz CT molecular complexity index is 1020. The number of amides is 2. The Labute approximate surface area is 162 Å². The van der Waals surface area contributed by atoms with Crippen molar-refractivity contribution in [3.63, 3.8) is 0 Å². The average Bonchev–Trinajstić information content (AvgIpc) is 3.08. The number of hydrogen-bond donors (Lipinski definition) is 3. The van der Waals surface area contributed by atoms with Gasteiger partial charge in [-0.25, -0.2) is 0 Å². The van der Waals surface area contributed by atoms with Crippen molar-refractivity contribution in [3.05, 3.63) is 76.8 Å². The van der Waals surface area contributed by atoms with Crippen LogP contribution in [0.25, 0.3) is 5.69 Å². The molecule has 2 amide bonds. The maximum Gasteiger partial charge on any atom is 0.251 e. The molecule has 0 aliphatic heterocycles. The quantitative estimate of drug-likeness (QED) is 0.572. The summed E-state index contributed by atoms with van der Waals surface area (Å²) < 4.78 is 2.39. The highest BCUT2D eigenvalue weighted by Crippen LogP contribution is 2.15. The summed E-state index contributed by atoms with van der Waals surface area (Å²) in [6, 6.07) is 14.7. The predicted octanol–water partition coefficient (Wildman–Crippen LogP) is 3.60. The fraction of sp³-hybridized carbons (Fsp3) is 0.150. The molecule has 0 aliphatic rings. The number of rotatable bonds is 6. The summed E-state index contributed by atoms with van der Waals surface area (Å²) in [6.45, 7) is 2.15. The van der Waals surface area contributed by atoms with Gasteiger partial charge in [-0.05, 0) is 49.0 Å². The summed E-state index contributed by atoms with van der Waals surface area (Å²) in [4.78, 5) is 27.3. The fourth-order valence-electron chi connectivity index (χ4n) is 2.69. The molecule has 27 heavy (non-hydrogen) atoms. The van der Waals surface area contributed by atoms with E-state index in [1.807, 2.05) is 60.2 Å². The third kappa shape index (κ3) is 4.71. The van der Waals surface area contributed by atoms with E-state index in [-0.39, 0.29) is 24.8 Å². The standard InChI is InChI=1S/C20H20N4O2S/c1-14-5-2-3-8-17(14)19(26)21-10-9-18(25)23-15-6-4-7-16(13-15)24-12-11-22-20(24)27/h2-8,11-13H,9-10H2,1H3,(H,21,26)(H,22,27)(H,23,25). The van der Waals surface area contributed by atoms with Crippen LogP contribution in [0.15, 0.2) is 60.9 Å². The van der Waals surface area contributed by atoms with Crippen LogP contribution in [-0.4, -0.2) is 27.9 Å². The van der Waals surface area contributed by atoms with Crippen molar-refractivity contribution in [2.45, 2.75) is 13.3 Å². The van der Waals surface area contributed by atoms with Gasteiger partial charge in [-0.3, -0.25) is 14.2 Å². The van der Waals surface area contributed by atoms with Gasteiger partial charge in [-0.1, -0.05) is 24.3 Å². The van der Waals surface area contributed by atoms with Gasteiger partial charge in [-0.15, -0.1) is 0 Å². The molecule has 0 bridgehead atoms. The van der Waals surface area contributed by atoms with Gasteiger partial charge < -0.3 is 15.6 Å². The van der Waals surface area contributed by atoms with Crippen molar-refractivity contribution in [3.8, 4) is 5.69 Å². The number of anilines is 1. The molecule has 0 aliphatic carbocycles. The second kappa shape index (κ2) is 8.46. The summed E-state index contributed by atoms with van der Waals surface area (Å²) in [7, 11) is 0. The van der Waals surface area contributed by atoms with Crippen LogP contribution in [0, 0.1) is 11.7 Å². The molecular weight excluding hydrogens is 360 g/mol. The molecular formula is C20H20N4O2S. The second-order valence-electron chi connectivity index (χ2n) is 6.05. The molecule has 1 heterocycles. The topological polar surface area (TPSA) is 78.9 Å². The summed E-state index contributed by atoms with van der Waals surface area (Å²) in [6.07, 6.45) is 3.76. The summed E-state index contributed by atoms with van der Waals surface area (Å²) >= 11 is 5.21. The predicted molar refractivity (Wildman–Crippen MR) is 108 cm³/mol. The minimum absolute atomic E-state index is 0.171. The van der Waals surface area contributed by atoms with E-state index in [2.05, 4.69) is 15.6 Å². The number of H-pyrrole nitrogens is 1. The number of carbonyl (C=O) groups is 2. The highest BCUT2D eigenvalue weighted by Gasteiger charge is 2.09. The molecule has 1 aromatic heterocycles. The lowest BCUT2D eigenvalue weighted by Gasteiger charge is -2.09. The number of hydrogen-bond acceptors (Lipinski definition) is 3. The van der Waals surface area contributed by atoms with Crippen LogP contribution >= 0.6 is 12.2 Å². The molecule has 0 radical (unpaired) electrons. The summed E-state index contributed by atoms with van der Waals surface area (Å²) in [5.41, 5.74) is 3.05. The Balaban J connectivity index is 1.54. The Morgan fingerprint density at radius 3 is 2.70 bits per heavy atom. The lowest BCUT2D eigenvalue weighted by molar-refractivity contribution is -0.116. The maximum absolute atomic E-state index is 12.2. The lowest BCUT2D eigenvalue weighted by Crippen LogP contribution is -2.28. The Morgan fingerprint density at radius 1 is 1.15 bits per heavy atom. The third-order valence-corrected chi connectivity index (χ3v) is 4.40. The average molecular weight is 380 g/mol. The number of benzene rings is 2. The Morgan fingerprint density at radius 2 is 1.96 bits per heavy atom. The van der Waals surface area contributed by atoms with E-state index in [1.165, 1.54) is 0 Å². The highest BCUT2D eigenvalue weighted by atomic mass is 32.1. The van der Waals surface area contributed by atoms with E-state index in [4.69, 9.17) is 12.2 Å². The van der Waals surface area contributed by atoms with Crippen LogP contribution in [-0.2, 0) is 4.79 Å². The van der Waals surface area contributed by atoms with Crippen molar-refractivity contribution in [1.29, 1.82) is 0 Å². The van der Waals surface area contributed by atoms with E-state index in [0.717, 1.165) is 11.3 Å². The first kappa shape index (κ1) is 18.6. The number of imidazole rings is 1. The number of nitrogens with zero attached hydrogens (tertiary/aromatic N) is 1. The molecule has 3 N–H and O–H groups in total. The molecule has 0 unspecified atom stereocenters. The molecule has 6 nitrogen and oxygen atoms in total. The first-order chi connectivity index (χ1) is 13.0. The van der Waals surface area contributed by atoms with E-state index in [1.54, 1.807) is 12.3 Å². The first-order valence-corrected chi connectivity index (χ1v) is 8.95. The van der Waals surface area contributed by atoms with Gasteiger partial charge in [0.2, 0.25) is 5.91 Å². The van der Waals surface area contributed by atoms with Gasteiger partial charge in [-0.2, -0.15) is 0 Å². The van der Waals surface area contributed by atoms with Crippen molar-refractivity contribution < 1.29 is 9.59 Å². The van der Waals surface area contributed by atoms with Gasteiger partial charge in [0.25, 0.3) is 5.91 Å².